The van der Waals surface area contributed by atoms with Crippen LogP contribution >= 0.6 is 0 Å². The number of amides is 1. The molecule has 0 unspecified atom stereocenters. The van der Waals surface area contributed by atoms with E-state index in [4.69, 9.17) is 4.42 Å². The largest absolute Gasteiger partial charge is 0.449 e. The minimum absolute atomic E-state index is 0.257. The molecule has 1 aromatic rings. The Bertz CT molecular complexity index is 365. The third-order valence-corrected chi connectivity index (χ3v) is 3.22. The lowest BCUT2D eigenvalue weighted by Gasteiger charge is -2.19. The van der Waals surface area contributed by atoms with E-state index in [0.29, 0.717) is 18.7 Å². The van der Waals surface area contributed by atoms with Crippen molar-refractivity contribution in [3.8, 4) is 0 Å². The molecule has 1 fully saturated rings. The summed E-state index contributed by atoms with van der Waals surface area (Å²) in [5.41, 5.74) is 0.880. The number of oxazole rings is 1. The van der Waals surface area contributed by atoms with Gasteiger partial charge >= 0.3 is 0 Å². The van der Waals surface area contributed by atoms with Crippen LogP contribution in [0, 0.1) is 6.92 Å². The van der Waals surface area contributed by atoms with Crippen LogP contribution in [0.25, 0.3) is 0 Å². The number of nitrogens with zero attached hydrogens (tertiary/aromatic N) is 2. The Morgan fingerprint density at radius 1 is 1.35 bits per heavy atom. The van der Waals surface area contributed by atoms with Gasteiger partial charge in [0.2, 0.25) is 5.91 Å². The fourth-order valence-corrected chi connectivity index (χ4v) is 2.24. The number of likely N-dealkylation sites (tertiary alicyclic amines) is 1. The maximum absolute atomic E-state index is 12.0. The van der Waals surface area contributed by atoms with E-state index in [-0.39, 0.29) is 5.91 Å². The number of hydrogen-bond donors (Lipinski definition) is 0. The van der Waals surface area contributed by atoms with Crippen molar-refractivity contribution in [2.75, 3.05) is 13.1 Å². The van der Waals surface area contributed by atoms with Crippen LogP contribution in [0.1, 0.15) is 43.7 Å². The second-order valence-electron chi connectivity index (χ2n) is 4.65. The molecule has 0 aliphatic carbocycles. The van der Waals surface area contributed by atoms with Crippen molar-refractivity contribution >= 4 is 5.91 Å². The van der Waals surface area contributed by atoms with Gasteiger partial charge in [0.25, 0.3) is 0 Å². The van der Waals surface area contributed by atoms with Crippen molar-refractivity contribution in [3.63, 3.8) is 0 Å². The molecule has 0 saturated carbocycles. The van der Waals surface area contributed by atoms with Crippen LogP contribution in [0.2, 0.25) is 0 Å². The minimum Gasteiger partial charge on any atom is -0.449 e. The number of hydrogen-bond acceptors (Lipinski definition) is 3. The molecule has 0 N–H and O–H groups in total. The maximum atomic E-state index is 12.0. The van der Waals surface area contributed by atoms with Crippen LogP contribution in [0.5, 0.6) is 0 Å². The molecular formula is C13H20N2O2. The fourth-order valence-electron chi connectivity index (χ4n) is 2.24. The predicted octanol–water partition coefficient (Wildman–Crippen LogP) is 2.32. The molecule has 0 atom stereocenters. The lowest BCUT2D eigenvalue weighted by atomic mass is 10.2. The first-order chi connectivity index (χ1) is 8.25. The molecule has 94 valence electrons. The van der Waals surface area contributed by atoms with Crippen molar-refractivity contribution in [1.29, 1.82) is 0 Å². The summed E-state index contributed by atoms with van der Waals surface area (Å²) in [6.45, 7) is 3.67. The molecule has 17 heavy (non-hydrogen) atoms. The van der Waals surface area contributed by atoms with E-state index in [0.717, 1.165) is 31.6 Å². The third-order valence-electron chi connectivity index (χ3n) is 3.22. The second-order valence-corrected chi connectivity index (χ2v) is 4.65. The van der Waals surface area contributed by atoms with Crippen molar-refractivity contribution in [1.82, 2.24) is 9.88 Å². The van der Waals surface area contributed by atoms with Gasteiger partial charge in [-0.25, -0.2) is 4.98 Å². The predicted molar refractivity (Wildman–Crippen MR) is 64.6 cm³/mol. The summed E-state index contributed by atoms with van der Waals surface area (Å²) in [6, 6.07) is 0. The Kier molecular flexibility index (Phi) is 4.18. The zero-order valence-electron chi connectivity index (χ0n) is 10.4. The Balaban J connectivity index is 1.79. The summed E-state index contributed by atoms with van der Waals surface area (Å²) in [4.78, 5) is 18.2. The standard InChI is InChI=1S/C13H20N2O2/c1-11-14-12(10-17-11)6-7-13(16)15-8-4-2-3-5-9-15/h10H,2-9H2,1H3. The van der Waals surface area contributed by atoms with Crippen LogP contribution in [0.4, 0.5) is 0 Å². The van der Waals surface area contributed by atoms with Gasteiger partial charge in [0.05, 0.1) is 5.69 Å². The van der Waals surface area contributed by atoms with Crippen molar-refractivity contribution < 1.29 is 9.21 Å². The number of aryl methyl sites for hydroxylation is 2. The van der Waals surface area contributed by atoms with Gasteiger partial charge in [0.1, 0.15) is 6.26 Å². The van der Waals surface area contributed by atoms with E-state index in [2.05, 4.69) is 4.98 Å². The normalized spacial score (nSPS) is 16.9. The van der Waals surface area contributed by atoms with Gasteiger partial charge in [-0.1, -0.05) is 12.8 Å². The van der Waals surface area contributed by atoms with Crippen LogP contribution in [-0.4, -0.2) is 28.9 Å². The van der Waals surface area contributed by atoms with E-state index in [9.17, 15) is 4.79 Å². The van der Waals surface area contributed by atoms with Crippen LogP contribution in [-0.2, 0) is 11.2 Å². The van der Waals surface area contributed by atoms with Gasteiger partial charge in [0.15, 0.2) is 5.89 Å². The monoisotopic (exact) mass is 236 g/mol. The van der Waals surface area contributed by atoms with E-state index >= 15 is 0 Å². The highest BCUT2D eigenvalue weighted by Gasteiger charge is 2.15. The first-order valence-corrected chi connectivity index (χ1v) is 6.44. The van der Waals surface area contributed by atoms with Crippen molar-refractivity contribution in [3.05, 3.63) is 17.8 Å². The Labute approximate surface area is 102 Å². The zero-order chi connectivity index (χ0) is 12.1. The summed E-state index contributed by atoms with van der Waals surface area (Å²) in [5.74, 6) is 0.926. The number of rotatable bonds is 3. The van der Waals surface area contributed by atoms with Gasteiger partial charge in [-0.2, -0.15) is 0 Å². The second kappa shape index (κ2) is 5.84. The molecule has 1 aliphatic rings. The van der Waals surface area contributed by atoms with Crippen LogP contribution in [0.15, 0.2) is 10.7 Å². The average Bonchev–Trinajstić information content (AvgIpc) is 2.58. The lowest BCUT2D eigenvalue weighted by molar-refractivity contribution is -0.131. The molecule has 1 saturated heterocycles. The minimum atomic E-state index is 0.257. The molecular weight excluding hydrogens is 216 g/mol. The Morgan fingerprint density at radius 3 is 2.65 bits per heavy atom. The summed E-state index contributed by atoms with van der Waals surface area (Å²) in [5, 5.41) is 0. The smallest absolute Gasteiger partial charge is 0.222 e. The first kappa shape index (κ1) is 12.1. The van der Waals surface area contributed by atoms with E-state index < -0.39 is 0 Å². The molecule has 2 rings (SSSR count). The van der Waals surface area contributed by atoms with Gasteiger partial charge in [0, 0.05) is 32.9 Å². The molecule has 0 spiro atoms. The SMILES string of the molecule is Cc1nc(CCC(=O)N2CCCCCC2)co1. The molecule has 0 aromatic carbocycles. The summed E-state index contributed by atoms with van der Waals surface area (Å²) in [7, 11) is 0. The maximum Gasteiger partial charge on any atom is 0.222 e. The average molecular weight is 236 g/mol. The third kappa shape index (κ3) is 3.58. The molecule has 1 amide bonds. The highest BCUT2D eigenvalue weighted by molar-refractivity contribution is 5.76. The van der Waals surface area contributed by atoms with Crippen molar-refractivity contribution in [2.24, 2.45) is 0 Å². The molecule has 2 heterocycles. The van der Waals surface area contributed by atoms with Gasteiger partial charge in [-0.15, -0.1) is 0 Å². The van der Waals surface area contributed by atoms with Gasteiger partial charge < -0.3 is 9.32 Å². The zero-order valence-corrected chi connectivity index (χ0v) is 10.4. The highest BCUT2D eigenvalue weighted by atomic mass is 16.3. The van der Waals surface area contributed by atoms with Crippen molar-refractivity contribution in [2.45, 2.75) is 45.4 Å². The quantitative estimate of drug-likeness (QED) is 0.809. The molecule has 1 aliphatic heterocycles. The van der Waals surface area contributed by atoms with E-state index in [1.807, 2.05) is 11.8 Å². The molecule has 0 bridgehead atoms. The van der Waals surface area contributed by atoms with Gasteiger partial charge in [-0.05, 0) is 12.8 Å². The molecule has 4 nitrogen and oxygen atoms in total. The summed E-state index contributed by atoms with van der Waals surface area (Å²) in [6.07, 6.45) is 7.69. The fraction of sp³-hybridized carbons (Fsp3) is 0.692. The number of carbonyl (C=O) groups is 1. The van der Waals surface area contributed by atoms with Crippen LogP contribution < -0.4 is 0 Å². The Morgan fingerprint density at radius 2 is 2.06 bits per heavy atom. The molecule has 4 heteroatoms. The number of carbonyl (C=O) groups excluding carboxylic acids is 1. The summed E-state index contributed by atoms with van der Waals surface area (Å²) < 4.78 is 5.13. The molecule has 1 aromatic heterocycles. The first-order valence-electron chi connectivity index (χ1n) is 6.44. The van der Waals surface area contributed by atoms with Gasteiger partial charge in [-0.3, -0.25) is 4.79 Å². The topological polar surface area (TPSA) is 46.3 Å². The van der Waals surface area contributed by atoms with E-state index in [1.54, 1.807) is 6.26 Å². The summed E-state index contributed by atoms with van der Waals surface area (Å²) >= 11 is 0. The molecule has 0 radical (unpaired) electrons. The number of aromatic nitrogens is 1. The van der Waals surface area contributed by atoms with Crippen LogP contribution in [0.3, 0.4) is 0 Å². The Hall–Kier alpha value is -1.32. The van der Waals surface area contributed by atoms with E-state index in [1.165, 1.54) is 12.8 Å². The lowest BCUT2D eigenvalue weighted by Crippen LogP contribution is -2.31. The highest BCUT2D eigenvalue weighted by Crippen LogP contribution is 2.12.